The molecule has 0 saturated carbocycles. The van der Waals surface area contributed by atoms with Crippen LogP contribution in [0.15, 0.2) is 12.1 Å². The van der Waals surface area contributed by atoms with Crippen LogP contribution in [-0.4, -0.2) is 31.9 Å². The van der Waals surface area contributed by atoms with E-state index in [1.165, 1.54) is 5.56 Å². The van der Waals surface area contributed by atoms with Gasteiger partial charge in [0.15, 0.2) is 9.84 Å². The van der Waals surface area contributed by atoms with Crippen molar-refractivity contribution in [3.8, 4) is 0 Å². The normalized spacial score (nSPS) is 20.5. The fraction of sp³-hybridized carbons (Fsp3) is 0.611. The highest BCUT2D eigenvalue weighted by molar-refractivity contribution is 7.91. The first-order valence-corrected chi connectivity index (χ1v) is 9.90. The minimum absolute atomic E-state index is 0.0691. The Morgan fingerprint density at radius 1 is 1.22 bits per heavy atom. The molecule has 1 aliphatic heterocycles. The molecule has 1 fully saturated rings. The Labute approximate surface area is 139 Å². The topological polar surface area (TPSA) is 63.2 Å². The molecule has 1 aromatic rings. The number of sulfone groups is 1. The molecule has 128 valence electrons. The molecule has 23 heavy (non-hydrogen) atoms. The molecule has 1 atom stereocenters. The summed E-state index contributed by atoms with van der Waals surface area (Å²) in [5.41, 5.74) is 4.61. The zero-order chi connectivity index (χ0) is 17.4. The van der Waals surface area contributed by atoms with Crippen LogP contribution in [0.4, 0.5) is 0 Å². The summed E-state index contributed by atoms with van der Waals surface area (Å²) in [6.07, 6.45) is 0.827. The first kappa shape index (κ1) is 18.0. The molecule has 4 nitrogen and oxygen atoms in total. The molecular formula is C18H27NO3S. The lowest BCUT2D eigenvalue weighted by Gasteiger charge is -2.22. The van der Waals surface area contributed by atoms with Gasteiger partial charge in [-0.1, -0.05) is 32.9 Å². The molecule has 1 unspecified atom stereocenters. The number of amides is 1. The van der Waals surface area contributed by atoms with Crippen molar-refractivity contribution in [2.75, 3.05) is 11.5 Å². The molecule has 0 spiro atoms. The van der Waals surface area contributed by atoms with Gasteiger partial charge in [0.2, 0.25) is 5.91 Å². The lowest BCUT2D eigenvalue weighted by molar-refractivity contribution is -0.121. The van der Waals surface area contributed by atoms with E-state index in [1.54, 1.807) is 0 Å². The van der Waals surface area contributed by atoms with E-state index in [0.717, 1.165) is 16.7 Å². The van der Waals surface area contributed by atoms with Gasteiger partial charge < -0.3 is 5.32 Å². The second kappa shape index (κ2) is 6.27. The number of hydrogen-bond acceptors (Lipinski definition) is 3. The van der Waals surface area contributed by atoms with E-state index in [1.807, 2.05) is 13.8 Å². The van der Waals surface area contributed by atoms with E-state index in [4.69, 9.17) is 0 Å². The molecular weight excluding hydrogens is 310 g/mol. The van der Waals surface area contributed by atoms with Crippen LogP contribution in [0.5, 0.6) is 0 Å². The highest BCUT2D eigenvalue weighted by atomic mass is 32.2. The molecule has 5 heteroatoms. The van der Waals surface area contributed by atoms with E-state index < -0.39 is 9.84 Å². The summed E-state index contributed by atoms with van der Waals surface area (Å²) >= 11 is 0. The Hall–Kier alpha value is -1.36. The predicted molar refractivity (Wildman–Crippen MR) is 93.5 cm³/mol. The van der Waals surface area contributed by atoms with Crippen LogP contribution in [0.1, 0.15) is 49.4 Å². The average molecular weight is 337 g/mol. The Kier molecular flexibility index (Phi) is 4.90. The van der Waals surface area contributed by atoms with Gasteiger partial charge in [0.25, 0.3) is 0 Å². The summed E-state index contributed by atoms with van der Waals surface area (Å²) in [5, 5.41) is 2.86. The monoisotopic (exact) mass is 337 g/mol. The first-order valence-electron chi connectivity index (χ1n) is 8.08. The molecule has 2 rings (SSSR count). The zero-order valence-corrected chi connectivity index (χ0v) is 15.5. The number of carbonyl (C=O) groups is 1. The van der Waals surface area contributed by atoms with Crippen molar-refractivity contribution < 1.29 is 13.2 Å². The summed E-state index contributed by atoms with van der Waals surface area (Å²) in [6, 6.07) is 4.06. The predicted octanol–water partition coefficient (Wildman–Crippen LogP) is 2.45. The molecule has 1 saturated heterocycles. The van der Waals surface area contributed by atoms with Crippen LogP contribution in [-0.2, 0) is 26.5 Å². The quantitative estimate of drug-likeness (QED) is 0.921. The molecule has 1 heterocycles. The maximum atomic E-state index is 12.3. The SMILES string of the molecule is Cc1cc(C(C)(C)C)cc(C)c1CC(=O)NC1CCS(=O)(=O)C1. The van der Waals surface area contributed by atoms with Crippen molar-refractivity contribution in [2.45, 2.75) is 58.9 Å². The van der Waals surface area contributed by atoms with Crippen LogP contribution in [0.2, 0.25) is 0 Å². The number of rotatable bonds is 3. The van der Waals surface area contributed by atoms with Gasteiger partial charge in [0, 0.05) is 6.04 Å². The van der Waals surface area contributed by atoms with Gasteiger partial charge in [0.1, 0.15) is 0 Å². The second-order valence-electron chi connectivity index (χ2n) is 7.68. The third-order valence-corrected chi connectivity index (χ3v) is 6.26. The summed E-state index contributed by atoms with van der Waals surface area (Å²) < 4.78 is 22.9. The smallest absolute Gasteiger partial charge is 0.224 e. The number of aryl methyl sites for hydroxylation is 2. The maximum Gasteiger partial charge on any atom is 0.224 e. The number of nitrogens with one attached hydrogen (secondary N) is 1. The largest absolute Gasteiger partial charge is 0.352 e. The Morgan fingerprint density at radius 3 is 2.22 bits per heavy atom. The standard InChI is InChI=1S/C18H27NO3S/c1-12-8-14(18(3,4)5)9-13(2)16(12)10-17(20)19-15-6-7-23(21,22)11-15/h8-9,15H,6-7,10-11H2,1-5H3,(H,19,20). The van der Waals surface area contributed by atoms with Crippen molar-refractivity contribution in [3.05, 3.63) is 34.4 Å². The van der Waals surface area contributed by atoms with Gasteiger partial charge in [-0.15, -0.1) is 0 Å². The number of hydrogen-bond donors (Lipinski definition) is 1. The molecule has 1 aromatic carbocycles. The molecule has 0 aromatic heterocycles. The van der Waals surface area contributed by atoms with E-state index in [2.05, 4.69) is 38.2 Å². The minimum Gasteiger partial charge on any atom is -0.352 e. The minimum atomic E-state index is -2.97. The molecule has 0 bridgehead atoms. The molecule has 0 aliphatic carbocycles. The number of carbonyl (C=O) groups excluding carboxylic acids is 1. The Morgan fingerprint density at radius 2 is 1.78 bits per heavy atom. The van der Waals surface area contributed by atoms with Crippen LogP contribution in [0.25, 0.3) is 0 Å². The second-order valence-corrected chi connectivity index (χ2v) is 9.91. The zero-order valence-electron chi connectivity index (χ0n) is 14.7. The summed E-state index contributed by atoms with van der Waals surface area (Å²) in [5.74, 6) is 0.150. The van der Waals surface area contributed by atoms with Crippen molar-refractivity contribution in [1.82, 2.24) is 5.32 Å². The summed E-state index contributed by atoms with van der Waals surface area (Å²) in [4.78, 5) is 12.3. The fourth-order valence-corrected chi connectivity index (χ4v) is 4.73. The average Bonchev–Trinajstić information content (AvgIpc) is 2.71. The summed E-state index contributed by atoms with van der Waals surface area (Å²) in [7, 11) is -2.97. The van der Waals surface area contributed by atoms with Crippen molar-refractivity contribution in [1.29, 1.82) is 0 Å². The van der Waals surface area contributed by atoms with Gasteiger partial charge in [-0.05, 0) is 47.9 Å². The van der Waals surface area contributed by atoms with E-state index >= 15 is 0 Å². The van der Waals surface area contributed by atoms with Gasteiger partial charge in [-0.25, -0.2) is 8.42 Å². The van der Waals surface area contributed by atoms with Gasteiger partial charge >= 0.3 is 0 Å². The van der Waals surface area contributed by atoms with Crippen LogP contribution in [0, 0.1) is 13.8 Å². The fourth-order valence-electron chi connectivity index (χ4n) is 3.05. The van der Waals surface area contributed by atoms with Crippen molar-refractivity contribution in [3.63, 3.8) is 0 Å². The lowest BCUT2D eigenvalue weighted by atomic mass is 9.83. The van der Waals surface area contributed by atoms with E-state index in [9.17, 15) is 13.2 Å². The van der Waals surface area contributed by atoms with Crippen LogP contribution in [0.3, 0.4) is 0 Å². The van der Waals surface area contributed by atoms with Crippen LogP contribution >= 0.6 is 0 Å². The third kappa shape index (κ3) is 4.56. The summed E-state index contributed by atoms with van der Waals surface area (Å²) in [6.45, 7) is 10.6. The van der Waals surface area contributed by atoms with Crippen molar-refractivity contribution in [2.24, 2.45) is 0 Å². The molecule has 1 N–H and O–H groups in total. The van der Waals surface area contributed by atoms with E-state index in [0.29, 0.717) is 12.8 Å². The van der Waals surface area contributed by atoms with Crippen LogP contribution < -0.4 is 5.32 Å². The van der Waals surface area contributed by atoms with Crippen molar-refractivity contribution >= 4 is 15.7 Å². The van der Waals surface area contributed by atoms with Gasteiger partial charge in [-0.2, -0.15) is 0 Å². The first-order chi connectivity index (χ1) is 10.5. The van der Waals surface area contributed by atoms with Gasteiger partial charge in [0.05, 0.1) is 17.9 Å². The lowest BCUT2D eigenvalue weighted by Crippen LogP contribution is -2.36. The van der Waals surface area contributed by atoms with Gasteiger partial charge in [-0.3, -0.25) is 4.79 Å². The highest BCUT2D eigenvalue weighted by Crippen LogP contribution is 2.27. The Bertz CT molecular complexity index is 691. The highest BCUT2D eigenvalue weighted by Gasteiger charge is 2.29. The van der Waals surface area contributed by atoms with E-state index in [-0.39, 0.29) is 28.9 Å². The number of benzene rings is 1. The molecule has 0 radical (unpaired) electrons. The maximum absolute atomic E-state index is 12.3. The Balaban J connectivity index is 2.10. The molecule has 1 amide bonds. The molecule has 1 aliphatic rings. The third-order valence-electron chi connectivity index (χ3n) is 4.50.